The van der Waals surface area contributed by atoms with Gasteiger partial charge in [-0.2, -0.15) is 0 Å². The first kappa shape index (κ1) is 7.79. The third-order valence-electron chi connectivity index (χ3n) is 2.02. The van der Waals surface area contributed by atoms with Crippen molar-refractivity contribution in [1.82, 2.24) is 14.9 Å². The summed E-state index contributed by atoms with van der Waals surface area (Å²) in [5, 5.41) is 2.74. The fourth-order valence-corrected chi connectivity index (χ4v) is 1.74. The van der Waals surface area contributed by atoms with Crippen LogP contribution in [0.15, 0.2) is 4.73 Å². The van der Waals surface area contributed by atoms with Gasteiger partial charge in [0.05, 0.1) is 5.69 Å². The average Bonchev–Trinajstić information content (AvgIpc) is 2.32. The van der Waals surface area contributed by atoms with Gasteiger partial charge in [0.25, 0.3) is 5.91 Å². The molecule has 0 unspecified atom stereocenters. The molecule has 0 bridgehead atoms. The van der Waals surface area contributed by atoms with Gasteiger partial charge in [-0.15, -0.1) is 0 Å². The fraction of sp³-hybridized carbons (Fsp3) is 0.429. The number of nitrogens with zero attached hydrogens (tertiary/aromatic N) is 2. The van der Waals surface area contributed by atoms with E-state index in [-0.39, 0.29) is 5.91 Å². The first-order chi connectivity index (χ1) is 5.70. The Balaban J connectivity index is 2.60. The highest BCUT2D eigenvalue weighted by Gasteiger charge is 2.22. The molecule has 0 saturated carbocycles. The molecule has 0 atom stereocenters. The molecular weight excluding hydrogens is 222 g/mol. The van der Waals surface area contributed by atoms with Gasteiger partial charge >= 0.3 is 0 Å². The number of fused-ring (bicyclic) bond motifs is 1. The van der Waals surface area contributed by atoms with Crippen LogP contribution < -0.4 is 5.32 Å². The van der Waals surface area contributed by atoms with Crippen molar-refractivity contribution in [2.45, 2.75) is 6.42 Å². The summed E-state index contributed by atoms with van der Waals surface area (Å²) in [6, 6.07) is 0. The van der Waals surface area contributed by atoms with Crippen LogP contribution in [0.2, 0.25) is 0 Å². The summed E-state index contributed by atoms with van der Waals surface area (Å²) in [6.07, 6.45) is 0.857. The minimum atomic E-state index is -0.0717. The number of hydrogen-bond donors (Lipinski definition) is 1. The van der Waals surface area contributed by atoms with Gasteiger partial charge < -0.3 is 9.88 Å². The van der Waals surface area contributed by atoms with Crippen LogP contribution in [0, 0.1) is 0 Å². The first-order valence-electron chi connectivity index (χ1n) is 3.69. The lowest BCUT2D eigenvalue weighted by Crippen LogP contribution is -2.32. The molecule has 1 amide bonds. The van der Waals surface area contributed by atoms with Crippen molar-refractivity contribution < 1.29 is 4.79 Å². The number of halogens is 1. The van der Waals surface area contributed by atoms with Crippen LogP contribution in [-0.2, 0) is 13.5 Å². The summed E-state index contributed by atoms with van der Waals surface area (Å²) in [6.45, 7) is 0.706. The van der Waals surface area contributed by atoms with E-state index >= 15 is 0 Å². The van der Waals surface area contributed by atoms with Gasteiger partial charge in [-0.25, -0.2) is 4.98 Å². The number of aromatic nitrogens is 2. The van der Waals surface area contributed by atoms with Crippen LogP contribution in [-0.4, -0.2) is 22.0 Å². The molecule has 1 N–H and O–H groups in total. The van der Waals surface area contributed by atoms with E-state index in [0.29, 0.717) is 17.0 Å². The van der Waals surface area contributed by atoms with Crippen molar-refractivity contribution in [3.8, 4) is 0 Å². The van der Waals surface area contributed by atoms with Gasteiger partial charge in [0.2, 0.25) is 0 Å². The molecule has 0 fully saturated rings. The largest absolute Gasteiger partial charge is 0.350 e. The van der Waals surface area contributed by atoms with Gasteiger partial charge in [-0.1, -0.05) is 0 Å². The predicted octanol–water partition coefficient (Wildman–Crippen LogP) is 0.468. The summed E-state index contributed by atoms with van der Waals surface area (Å²) in [5.41, 5.74) is 1.56. The Morgan fingerprint density at radius 1 is 1.67 bits per heavy atom. The lowest BCUT2D eigenvalue weighted by Gasteiger charge is -2.12. The summed E-state index contributed by atoms with van der Waals surface area (Å²) < 4.78 is 2.61. The zero-order valence-corrected chi connectivity index (χ0v) is 8.18. The molecule has 0 aromatic carbocycles. The van der Waals surface area contributed by atoms with Crippen molar-refractivity contribution in [1.29, 1.82) is 0 Å². The summed E-state index contributed by atoms with van der Waals surface area (Å²) >= 11 is 3.28. The number of imidazole rings is 1. The number of rotatable bonds is 0. The molecule has 2 heterocycles. The maximum atomic E-state index is 11.2. The molecule has 0 aliphatic carbocycles. The molecule has 0 radical (unpaired) electrons. The van der Waals surface area contributed by atoms with Gasteiger partial charge in [0.15, 0.2) is 10.4 Å². The number of amides is 1. The second-order valence-electron chi connectivity index (χ2n) is 2.74. The quantitative estimate of drug-likeness (QED) is 0.704. The van der Waals surface area contributed by atoms with Crippen LogP contribution in [0.5, 0.6) is 0 Å². The molecule has 2 rings (SSSR count). The molecule has 0 spiro atoms. The number of nitrogens with one attached hydrogen (secondary N) is 1. The van der Waals surface area contributed by atoms with Crippen molar-refractivity contribution in [3.05, 3.63) is 16.1 Å². The summed E-state index contributed by atoms with van der Waals surface area (Å²) in [5.74, 6) is -0.0717. The Morgan fingerprint density at radius 2 is 2.42 bits per heavy atom. The van der Waals surface area contributed by atoms with Crippen molar-refractivity contribution in [3.63, 3.8) is 0 Å². The fourth-order valence-electron chi connectivity index (χ4n) is 1.35. The maximum Gasteiger partial charge on any atom is 0.271 e. The lowest BCUT2D eigenvalue weighted by atomic mass is 10.2. The zero-order valence-electron chi connectivity index (χ0n) is 6.59. The second-order valence-corrected chi connectivity index (χ2v) is 3.45. The van der Waals surface area contributed by atoms with Crippen LogP contribution in [0.4, 0.5) is 0 Å². The monoisotopic (exact) mass is 229 g/mol. The summed E-state index contributed by atoms with van der Waals surface area (Å²) in [7, 11) is 1.90. The Kier molecular flexibility index (Phi) is 1.68. The van der Waals surface area contributed by atoms with Crippen molar-refractivity contribution in [2.75, 3.05) is 6.54 Å². The third-order valence-corrected chi connectivity index (χ3v) is 2.73. The Labute approximate surface area is 78.1 Å². The standard InChI is InChI=1S/C7H8BrN3O/c1-11-4-2-3-9-6(12)5(4)10-7(11)8/h2-3H2,1H3,(H,9,12). The molecule has 64 valence electrons. The van der Waals surface area contributed by atoms with E-state index in [4.69, 9.17) is 0 Å². The Hall–Kier alpha value is -0.840. The first-order valence-corrected chi connectivity index (χ1v) is 4.48. The smallest absolute Gasteiger partial charge is 0.271 e. The lowest BCUT2D eigenvalue weighted by molar-refractivity contribution is 0.0940. The minimum absolute atomic E-state index is 0.0717. The minimum Gasteiger partial charge on any atom is -0.350 e. The molecule has 12 heavy (non-hydrogen) atoms. The molecule has 5 heteroatoms. The van der Waals surface area contributed by atoms with E-state index in [9.17, 15) is 4.79 Å². The van der Waals surface area contributed by atoms with E-state index in [0.717, 1.165) is 12.1 Å². The molecule has 1 aromatic rings. The maximum absolute atomic E-state index is 11.2. The average molecular weight is 230 g/mol. The van der Waals surface area contributed by atoms with Crippen LogP contribution >= 0.6 is 15.9 Å². The van der Waals surface area contributed by atoms with E-state index in [2.05, 4.69) is 26.2 Å². The van der Waals surface area contributed by atoms with Gasteiger partial charge in [0.1, 0.15) is 0 Å². The SMILES string of the molecule is Cn1c(Br)nc2c1CCNC2=O. The molecule has 1 aliphatic rings. The van der Waals surface area contributed by atoms with Crippen molar-refractivity contribution in [2.24, 2.45) is 7.05 Å². The molecule has 0 saturated heterocycles. The van der Waals surface area contributed by atoms with E-state index in [1.54, 1.807) is 0 Å². The van der Waals surface area contributed by atoms with Crippen LogP contribution in [0.1, 0.15) is 16.2 Å². The normalized spacial score (nSPS) is 15.7. The predicted molar refractivity (Wildman–Crippen MR) is 46.9 cm³/mol. The van der Waals surface area contributed by atoms with E-state index in [1.807, 2.05) is 11.6 Å². The summed E-state index contributed by atoms with van der Waals surface area (Å²) in [4.78, 5) is 15.3. The van der Waals surface area contributed by atoms with Gasteiger partial charge in [0, 0.05) is 20.0 Å². The number of carbonyl (C=O) groups excluding carboxylic acids is 1. The van der Waals surface area contributed by atoms with Gasteiger partial charge in [-0.05, 0) is 15.9 Å². The molecule has 1 aromatic heterocycles. The van der Waals surface area contributed by atoms with E-state index < -0.39 is 0 Å². The van der Waals surface area contributed by atoms with Crippen LogP contribution in [0.25, 0.3) is 0 Å². The molecular formula is C7H8BrN3O. The zero-order chi connectivity index (χ0) is 8.72. The Morgan fingerprint density at radius 3 is 3.08 bits per heavy atom. The van der Waals surface area contributed by atoms with Crippen molar-refractivity contribution >= 4 is 21.8 Å². The number of hydrogen-bond acceptors (Lipinski definition) is 2. The highest BCUT2D eigenvalue weighted by Crippen LogP contribution is 2.17. The van der Waals surface area contributed by atoms with E-state index in [1.165, 1.54) is 0 Å². The highest BCUT2D eigenvalue weighted by molar-refractivity contribution is 9.10. The second kappa shape index (κ2) is 2.58. The number of carbonyl (C=O) groups is 1. The Bertz CT molecular complexity index is 345. The highest BCUT2D eigenvalue weighted by atomic mass is 79.9. The van der Waals surface area contributed by atoms with Gasteiger partial charge in [-0.3, -0.25) is 4.79 Å². The molecule has 1 aliphatic heterocycles. The molecule has 4 nitrogen and oxygen atoms in total. The van der Waals surface area contributed by atoms with Crippen LogP contribution in [0.3, 0.4) is 0 Å². The third kappa shape index (κ3) is 0.964. The topological polar surface area (TPSA) is 46.9 Å².